The predicted molar refractivity (Wildman–Crippen MR) is 39.7 cm³/mol. The number of rotatable bonds is 0. The van der Waals surface area contributed by atoms with Crippen LogP contribution in [0.5, 0.6) is 0 Å². The van der Waals surface area contributed by atoms with Gasteiger partial charge in [-0.3, -0.25) is 4.79 Å². The van der Waals surface area contributed by atoms with Crippen LogP contribution in [0.1, 0.15) is 38.5 Å². The summed E-state index contributed by atoms with van der Waals surface area (Å²) in [6, 6.07) is 0. The van der Waals surface area contributed by atoms with Crippen LogP contribution >= 0.6 is 0 Å². The molecule has 56 valence electrons. The summed E-state index contributed by atoms with van der Waals surface area (Å²) < 4.78 is 0. The van der Waals surface area contributed by atoms with Gasteiger partial charge >= 0.3 is 0 Å². The van der Waals surface area contributed by atoms with Gasteiger partial charge < -0.3 is 0 Å². The quantitative estimate of drug-likeness (QED) is 0.501. The van der Waals surface area contributed by atoms with Gasteiger partial charge in [0, 0.05) is 12.3 Å². The second kappa shape index (κ2) is 2.37. The van der Waals surface area contributed by atoms with Gasteiger partial charge in [-0.25, -0.2) is 0 Å². The fourth-order valence-electron chi connectivity index (χ4n) is 2.49. The summed E-state index contributed by atoms with van der Waals surface area (Å²) in [6.45, 7) is 0. The van der Waals surface area contributed by atoms with Crippen LogP contribution in [0, 0.1) is 11.8 Å². The molecule has 1 heteroatoms. The zero-order chi connectivity index (χ0) is 6.97. The molecule has 10 heavy (non-hydrogen) atoms. The van der Waals surface area contributed by atoms with Crippen LogP contribution in [-0.2, 0) is 4.79 Å². The minimum atomic E-state index is 0.494. The minimum absolute atomic E-state index is 0.494. The number of hydrogen-bond acceptors (Lipinski definition) is 1. The van der Waals surface area contributed by atoms with Gasteiger partial charge in [0.25, 0.3) is 0 Å². The molecule has 2 saturated carbocycles. The molecule has 2 fully saturated rings. The van der Waals surface area contributed by atoms with E-state index in [1.165, 1.54) is 32.1 Å². The predicted octanol–water partition coefficient (Wildman–Crippen LogP) is 2.16. The van der Waals surface area contributed by atoms with Crippen molar-refractivity contribution < 1.29 is 4.79 Å². The summed E-state index contributed by atoms with van der Waals surface area (Å²) in [5.41, 5.74) is 0. The van der Waals surface area contributed by atoms with E-state index >= 15 is 0 Å². The van der Waals surface area contributed by atoms with Crippen molar-refractivity contribution in [1.29, 1.82) is 0 Å². The van der Waals surface area contributed by atoms with Crippen LogP contribution in [0.3, 0.4) is 0 Å². The molecule has 2 aliphatic carbocycles. The standard InChI is InChI=1S/C9H14O/c10-9-6-5-7-3-1-2-4-8(7)9/h7-8H,1-6H2/t7-,8+/m1/s1. The maximum absolute atomic E-state index is 11.2. The van der Waals surface area contributed by atoms with Crippen LogP contribution < -0.4 is 0 Å². The number of fused-ring (bicyclic) bond motifs is 1. The van der Waals surface area contributed by atoms with E-state index in [0.717, 1.165) is 12.3 Å². The second-order valence-corrected chi connectivity index (χ2v) is 3.66. The molecular formula is C9H14O. The Kier molecular flexibility index (Phi) is 1.51. The lowest BCUT2D eigenvalue weighted by Gasteiger charge is -2.22. The monoisotopic (exact) mass is 138 g/mol. The Morgan fingerprint density at radius 3 is 2.70 bits per heavy atom. The van der Waals surface area contributed by atoms with Gasteiger partial charge in [-0.15, -0.1) is 0 Å². The first-order valence-corrected chi connectivity index (χ1v) is 4.40. The molecule has 0 aromatic rings. The molecule has 0 aromatic carbocycles. The second-order valence-electron chi connectivity index (χ2n) is 3.66. The zero-order valence-electron chi connectivity index (χ0n) is 6.31. The van der Waals surface area contributed by atoms with Gasteiger partial charge in [-0.05, 0) is 25.2 Å². The average Bonchev–Trinajstić information content (AvgIpc) is 2.34. The molecule has 0 amide bonds. The van der Waals surface area contributed by atoms with Gasteiger partial charge in [-0.2, -0.15) is 0 Å². The Balaban J connectivity index is 2.08. The third-order valence-electron chi connectivity index (χ3n) is 3.08. The summed E-state index contributed by atoms with van der Waals surface area (Å²) in [6.07, 6.45) is 7.28. The molecule has 0 radical (unpaired) electrons. The van der Waals surface area contributed by atoms with Crippen molar-refractivity contribution in [2.45, 2.75) is 38.5 Å². The molecule has 2 rings (SSSR count). The third kappa shape index (κ3) is 0.882. The van der Waals surface area contributed by atoms with Gasteiger partial charge in [0.15, 0.2) is 0 Å². The third-order valence-corrected chi connectivity index (χ3v) is 3.08. The van der Waals surface area contributed by atoms with Crippen LogP contribution in [0.15, 0.2) is 0 Å². The molecule has 0 spiro atoms. The van der Waals surface area contributed by atoms with Crippen LogP contribution in [0.4, 0.5) is 0 Å². The highest BCUT2D eigenvalue weighted by atomic mass is 16.1. The molecule has 0 N–H and O–H groups in total. The maximum atomic E-state index is 11.2. The normalized spacial score (nSPS) is 39.8. The van der Waals surface area contributed by atoms with Crippen molar-refractivity contribution in [3.05, 3.63) is 0 Å². The van der Waals surface area contributed by atoms with E-state index < -0.39 is 0 Å². The van der Waals surface area contributed by atoms with Crippen molar-refractivity contribution in [2.75, 3.05) is 0 Å². The van der Waals surface area contributed by atoms with E-state index in [9.17, 15) is 4.79 Å². The molecule has 0 heterocycles. The lowest BCUT2D eigenvalue weighted by Crippen LogP contribution is -2.18. The van der Waals surface area contributed by atoms with E-state index in [1.807, 2.05) is 0 Å². The first kappa shape index (κ1) is 6.38. The summed E-state index contributed by atoms with van der Waals surface area (Å²) in [5.74, 6) is 1.85. The van der Waals surface area contributed by atoms with E-state index in [1.54, 1.807) is 0 Å². The highest BCUT2D eigenvalue weighted by Crippen LogP contribution is 2.39. The molecule has 2 aliphatic rings. The van der Waals surface area contributed by atoms with Gasteiger partial charge in [0.1, 0.15) is 5.78 Å². The molecule has 0 aromatic heterocycles. The summed E-state index contributed by atoms with van der Waals surface area (Å²) in [5, 5.41) is 0. The number of Topliss-reactive ketones (excluding diaryl/α,β-unsaturated/α-hetero) is 1. The number of carbonyl (C=O) groups excluding carboxylic acids is 1. The molecular weight excluding hydrogens is 124 g/mol. The molecule has 0 saturated heterocycles. The lowest BCUT2D eigenvalue weighted by molar-refractivity contribution is -0.121. The van der Waals surface area contributed by atoms with Crippen molar-refractivity contribution in [2.24, 2.45) is 11.8 Å². The SMILES string of the molecule is O=C1CC[C@H]2CCCC[C@H]12. The maximum Gasteiger partial charge on any atom is 0.136 e. The molecule has 0 unspecified atom stereocenters. The first-order chi connectivity index (χ1) is 4.88. The van der Waals surface area contributed by atoms with E-state index in [2.05, 4.69) is 0 Å². The Morgan fingerprint density at radius 1 is 1.10 bits per heavy atom. The zero-order valence-corrected chi connectivity index (χ0v) is 6.31. The first-order valence-electron chi connectivity index (χ1n) is 4.40. The fraction of sp³-hybridized carbons (Fsp3) is 0.889. The molecule has 1 nitrogen and oxygen atoms in total. The summed E-state index contributed by atoms with van der Waals surface area (Å²) in [4.78, 5) is 11.2. The highest BCUT2D eigenvalue weighted by Gasteiger charge is 2.35. The number of hydrogen-bond donors (Lipinski definition) is 0. The van der Waals surface area contributed by atoms with Crippen LogP contribution in [-0.4, -0.2) is 5.78 Å². The van der Waals surface area contributed by atoms with Gasteiger partial charge in [0.2, 0.25) is 0 Å². The topological polar surface area (TPSA) is 17.1 Å². The largest absolute Gasteiger partial charge is 0.299 e. The highest BCUT2D eigenvalue weighted by molar-refractivity contribution is 5.83. The Labute approximate surface area is 61.8 Å². The van der Waals surface area contributed by atoms with Crippen molar-refractivity contribution >= 4 is 5.78 Å². The Morgan fingerprint density at radius 2 is 1.90 bits per heavy atom. The Hall–Kier alpha value is -0.330. The van der Waals surface area contributed by atoms with E-state index in [4.69, 9.17) is 0 Å². The van der Waals surface area contributed by atoms with Crippen LogP contribution in [0.25, 0.3) is 0 Å². The average molecular weight is 138 g/mol. The van der Waals surface area contributed by atoms with E-state index in [-0.39, 0.29) is 0 Å². The Bertz CT molecular complexity index is 151. The van der Waals surface area contributed by atoms with E-state index in [0.29, 0.717) is 11.7 Å². The number of ketones is 1. The lowest BCUT2D eigenvalue weighted by atomic mass is 9.81. The molecule has 0 aliphatic heterocycles. The van der Waals surface area contributed by atoms with Crippen molar-refractivity contribution in [3.8, 4) is 0 Å². The molecule has 2 atom stereocenters. The van der Waals surface area contributed by atoms with Crippen LogP contribution in [0.2, 0.25) is 0 Å². The molecule has 0 bridgehead atoms. The summed E-state index contributed by atoms with van der Waals surface area (Å²) in [7, 11) is 0. The fourth-order valence-corrected chi connectivity index (χ4v) is 2.49. The van der Waals surface area contributed by atoms with Crippen molar-refractivity contribution in [3.63, 3.8) is 0 Å². The summed E-state index contributed by atoms with van der Waals surface area (Å²) >= 11 is 0. The van der Waals surface area contributed by atoms with Crippen molar-refractivity contribution in [1.82, 2.24) is 0 Å². The van der Waals surface area contributed by atoms with Gasteiger partial charge in [0.05, 0.1) is 0 Å². The number of carbonyl (C=O) groups is 1. The minimum Gasteiger partial charge on any atom is -0.299 e. The van der Waals surface area contributed by atoms with Gasteiger partial charge in [-0.1, -0.05) is 12.8 Å². The smallest absolute Gasteiger partial charge is 0.136 e.